The number of carbonyl (C=O) groups is 2. The highest BCUT2D eigenvalue weighted by Crippen LogP contribution is 2.31. The molecule has 13 heteroatoms. The van der Waals surface area contributed by atoms with Gasteiger partial charge in [0.15, 0.2) is 5.11 Å². The number of morpholine rings is 1. The van der Waals surface area contributed by atoms with Crippen molar-refractivity contribution in [3.05, 3.63) is 63.7 Å². The van der Waals surface area contributed by atoms with E-state index >= 15 is 0 Å². The lowest BCUT2D eigenvalue weighted by Crippen LogP contribution is -2.45. The van der Waals surface area contributed by atoms with Crippen molar-refractivity contribution in [1.82, 2.24) is 10.2 Å². The van der Waals surface area contributed by atoms with E-state index in [1.807, 2.05) is 11.0 Å². The summed E-state index contributed by atoms with van der Waals surface area (Å²) in [5, 5.41) is 17.4. The van der Waals surface area contributed by atoms with Crippen molar-refractivity contribution in [3.63, 3.8) is 0 Å². The van der Waals surface area contributed by atoms with Crippen LogP contribution in [0.1, 0.15) is 15.9 Å². The number of benzene rings is 2. The van der Waals surface area contributed by atoms with E-state index in [1.165, 1.54) is 25.3 Å². The Morgan fingerprint density at radius 1 is 1.02 bits per heavy atom. The summed E-state index contributed by atoms with van der Waals surface area (Å²) in [6.07, 6.45) is 2.75. The van der Waals surface area contributed by atoms with Crippen LogP contribution in [-0.4, -0.2) is 93.5 Å². The molecule has 2 fully saturated rings. The molecule has 0 radical (unpaired) electrons. The molecule has 4 rings (SSSR count). The van der Waals surface area contributed by atoms with Gasteiger partial charge in [-0.05, 0) is 55.2 Å². The van der Waals surface area contributed by atoms with Gasteiger partial charge in [-0.1, -0.05) is 6.07 Å². The number of esters is 1. The van der Waals surface area contributed by atoms with Crippen LogP contribution in [0, 0.1) is 10.1 Å². The standard InChI is InChI=1S/C27H32N6O6S/c1-30-9-11-31(12-10-30)22-7-5-20(26(35)38-2)18-21(22)28-27(40)29-25(34)8-4-19-3-6-23(24(17-19)33(36)37)32-13-15-39-16-14-32/h3-8,17-18H,9-16H2,1-2H3,(H2,28,29,34,40)/b8-4+. The van der Waals surface area contributed by atoms with Gasteiger partial charge >= 0.3 is 5.97 Å². The fourth-order valence-corrected chi connectivity index (χ4v) is 4.76. The van der Waals surface area contributed by atoms with Gasteiger partial charge in [-0.3, -0.25) is 20.2 Å². The molecule has 2 aliphatic rings. The summed E-state index contributed by atoms with van der Waals surface area (Å²) < 4.78 is 10.2. The number of nitrogens with zero attached hydrogens (tertiary/aromatic N) is 4. The molecule has 212 valence electrons. The van der Waals surface area contributed by atoms with Gasteiger partial charge in [-0.25, -0.2) is 4.79 Å². The smallest absolute Gasteiger partial charge is 0.337 e. The fraction of sp³-hybridized carbons (Fsp3) is 0.370. The number of carbonyl (C=O) groups excluding carboxylic acids is 2. The van der Waals surface area contributed by atoms with E-state index in [0.717, 1.165) is 31.9 Å². The lowest BCUT2D eigenvalue weighted by Gasteiger charge is -2.35. The molecule has 0 aromatic heterocycles. The minimum absolute atomic E-state index is 0.0384. The molecule has 1 amide bonds. The number of anilines is 3. The van der Waals surface area contributed by atoms with Crippen LogP contribution < -0.4 is 20.4 Å². The predicted octanol–water partition coefficient (Wildman–Crippen LogP) is 2.50. The van der Waals surface area contributed by atoms with E-state index in [-0.39, 0.29) is 10.8 Å². The molecule has 40 heavy (non-hydrogen) atoms. The molecule has 2 heterocycles. The first-order chi connectivity index (χ1) is 19.2. The topological polar surface area (TPSA) is 130 Å². The molecule has 0 atom stereocenters. The number of rotatable bonds is 7. The Kier molecular flexibility index (Phi) is 9.64. The van der Waals surface area contributed by atoms with Gasteiger partial charge in [-0.2, -0.15) is 0 Å². The molecule has 2 aromatic rings. The Labute approximate surface area is 237 Å². The lowest BCUT2D eigenvalue weighted by molar-refractivity contribution is -0.384. The number of likely N-dealkylation sites (N-methyl/N-ethyl adjacent to an activating group) is 1. The van der Waals surface area contributed by atoms with E-state index in [9.17, 15) is 19.7 Å². The third-order valence-electron chi connectivity index (χ3n) is 6.72. The van der Waals surface area contributed by atoms with Crippen molar-refractivity contribution in [3.8, 4) is 0 Å². The zero-order valence-electron chi connectivity index (χ0n) is 22.4. The zero-order chi connectivity index (χ0) is 28.6. The molecule has 2 aliphatic heterocycles. The summed E-state index contributed by atoms with van der Waals surface area (Å²) in [5.74, 6) is -0.998. The number of hydrogen-bond acceptors (Lipinski definition) is 10. The Balaban J connectivity index is 1.44. The average molecular weight is 569 g/mol. The monoisotopic (exact) mass is 568 g/mol. The van der Waals surface area contributed by atoms with Crippen molar-refractivity contribution in [1.29, 1.82) is 0 Å². The fourth-order valence-electron chi connectivity index (χ4n) is 4.55. The van der Waals surface area contributed by atoms with Crippen LogP contribution in [0.5, 0.6) is 0 Å². The Bertz CT molecular complexity index is 1300. The molecular formula is C27H32N6O6S. The van der Waals surface area contributed by atoms with Crippen LogP contribution in [0.3, 0.4) is 0 Å². The summed E-state index contributed by atoms with van der Waals surface area (Å²) in [6.45, 7) is 5.52. The summed E-state index contributed by atoms with van der Waals surface area (Å²) >= 11 is 5.38. The molecule has 0 spiro atoms. The van der Waals surface area contributed by atoms with Crippen LogP contribution in [-0.2, 0) is 14.3 Å². The van der Waals surface area contributed by atoms with Gasteiger partial charge in [0.1, 0.15) is 5.69 Å². The van der Waals surface area contributed by atoms with E-state index in [4.69, 9.17) is 21.7 Å². The molecule has 2 aromatic carbocycles. The van der Waals surface area contributed by atoms with Crippen molar-refractivity contribution in [2.45, 2.75) is 0 Å². The van der Waals surface area contributed by atoms with E-state index in [0.29, 0.717) is 48.8 Å². The lowest BCUT2D eigenvalue weighted by atomic mass is 10.1. The normalized spacial score (nSPS) is 16.1. The number of piperazine rings is 1. The van der Waals surface area contributed by atoms with Crippen molar-refractivity contribution in [2.24, 2.45) is 0 Å². The second-order valence-electron chi connectivity index (χ2n) is 9.40. The Morgan fingerprint density at radius 3 is 2.38 bits per heavy atom. The maximum atomic E-state index is 12.6. The summed E-state index contributed by atoms with van der Waals surface area (Å²) in [7, 11) is 3.37. The van der Waals surface area contributed by atoms with Gasteiger partial charge in [0, 0.05) is 51.4 Å². The summed E-state index contributed by atoms with van der Waals surface area (Å²) in [4.78, 5) is 42.3. The molecule has 0 aliphatic carbocycles. The molecule has 2 saturated heterocycles. The molecule has 0 saturated carbocycles. The highest BCUT2D eigenvalue weighted by Gasteiger charge is 2.22. The summed E-state index contributed by atoms with van der Waals surface area (Å²) in [6, 6.07) is 10.0. The maximum absolute atomic E-state index is 12.6. The zero-order valence-corrected chi connectivity index (χ0v) is 23.2. The van der Waals surface area contributed by atoms with Crippen LogP contribution in [0.25, 0.3) is 6.08 Å². The van der Waals surface area contributed by atoms with Gasteiger partial charge in [-0.15, -0.1) is 0 Å². The van der Waals surface area contributed by atoms with Gasteiger partial charge < -0.3 is 29.5 Å². The van der Waals surface area contributed by atoms with E-state index in [2.05, 4.69) is 27.5 Å². The Hall–Kier alpha value is -4.07. The van der Waals surface area contributed by atoms with Crippen LogP contribution in [0.4, 0.5) is 22.7 Å². The van der Waals surface area contributed by atoms with Crippen LogP contribution >= 0.6 is 12.2 Å². The second-order valence-corrected chi connectivity index (χ2v) is 9.80. The first kappa shape index (κ1) is 28.9. The minimum atomic E-state index is -0.511. The third-order valence-corrected chi connectivity index (χ3v) is 6.93. The van der Waals surface area contributed by atoms with Crippen molar-refractivity contribution < 1.29 is 24.0 Å². The van der Waals surface area contributed by atoms with Gasteiger partial charge in [0.2, 0.25) is 5.91 Å². The maximum Gasteiger partial charge on any atom is 0.337 e. The number of amides is 1. The molecule has 12 nitrogen and oxygen atoms in total. The third kappa shape index (κ3) is 7.31. The molecule has 0 bridgehead atoms. The van der Waals surface area contributed by atoms with Crippen LogP contribution in [0.15, 0.2) is 42.5 Å². The largest absolute Gasteiger partial charge is 0.465 e. The number of nitro groups is 1. The first-order valence-electron chi connectivity index (χ1n) is 12.8. The average Bonchev–Trinajstić information content (AvgIpc) is 2.96. The minimum Gasteiger partial charge on any atom is -0.465 e. The highest BCUT2D eigenvalue weighted by molar-refractivity contribution is 7.80. The quantitative estimate of drug-likeness (QED) is 0.168. The van der Waals surface area contributed by atoms with Crippen molar-refractivity contribution in [2.75, 3.05) is 81.8 Å². The SMILES string of the molecule is COC(=O)c1ccc(N2CCN(C)CC2)c(NC(=S)NC(=O)/C=C/c2ccc(N3CCOCC3)c([N+](=O)[O-])c2)c1. The van der Waals surface area contributed by atoms with E-state index in [1.54, 1.807) is 24.3 Å². The van der Waals surface area contributed by atoms with Gasteiger partial charge in [0.25, 0.3) is 5.69 Å². The number of methoxy groups -OCH3 is 1. The first-order valence-corrected chi connectivity index (χ1v) is 13.2. The predicted molar refractivity (Wildman–Crippen MR) is 157 cm³/mol. The summed E-state index contributed by atoms with van der Waals surface area (Å²) in [5.41, 5.74) is 2.74. The second kappa shape index (κ2) is 13.3. The van der Waals surface area contributed by atoms with Crippen LogP contribution in [0.2, 0.25) is 0 Å². The van der Waals surface area contributed by atoms with E-state index < -0.39 is 16.8 Å². The highest BCUT2D eigenvalue weighted by atomic mass is 32.1. The molecule has 2 N–H and O–H groups in total. The number of ether oxygens (including phenoxy) is 2. The number of nitro benzene ring substituents is 1. The number of nitrogens with one attached hydrogen (secondary N) is 2. The number of thiocarbonyl (C=S) groups is 1. The number of hydrogen-bond donors (Lipinski definition) is 2. The molecular weight excluding hydrogens is 536 g/mol. The van der Waals surface area contributed by atoms with Crippen molar-refractivity contribution >= 4 is 58.0 Å². The van der Waals surface area contributed by atoms with Gasteiger partial charge in [0.05, 0.1) is 42.2 Å². The Morgan fingerprint density at radius 2 is 1.70 bits per heavy atom. The molecule has 0 unspecified atom stereocenters.